The second-order valence-electron chi connectivity index (χ2n) is 3.53. The third-order valence-corrected chi connectivity index (χ3v) is 2.52. The number of rotatable bonds is 1. The third kappa shape index (κ3) is 1.24. The Balaban J connectivity index is 2.33. The van der Waals surface area contributed by atoms with Gasteiger partial charge in [-0.1, -0.05) is 6.07 Å². The number of pyridine rings is 2. The quantitative estimate of drug-likeness (QED) is 0.668. The van der Waals surface area contributed by atoms with Gasteiger partial charge in [-0.15, -0.1) is 0 Å². The van der Waals surface area contributed by atoms with Crippen LogP contribution >= 0.6 is 0 Å². The predicted octanol–water partition coefficient (Wildman–Crippen LogP) is 1.98. The van der Waals surface area contributed by atoms with Crippen LogP contribution in [0.4, 0.5) is 5.82 Å². The molecular formula is C12H10N4. The van der Waals surface area contributed by atoms with Gasteiger partial charge in [0.15, 0.2) is 0 Å². The molecule has 0 fully saturated rings. The Kier molecular flexibility index (Phi) is 1.86. The van der Waals surface area contributed by atoms with Crippen LogP contribution in [0.1, 0.15) is 0 Å². The molecule has 0 unspecified atom stereocenters. The van der Waals surface area contributed by atoms with Gasteiger partial charge in [0, 0.05) is 18.0 Å². The summed E-state index contributed by atoms with van der Waals surface area (Å²) in [5.41, 5.74) is 7.95. The fraction of sp³-hybridized carbons (Fsp3) is 0. The average molecular weight is 210 g/mol. The van der Waals surface area contributed by atoms with Crippen LogP contribution in [0.5, 0.6) is 0 Å². The van der Waals surface area contributed by atoms with E-state index >= 15 is 0 Å². The van der Waals surface area contributed by atoms with E-state index in [4.69, 9.17) is 5.73 Å². The van der Waals surface area contributed by atoms with E-state index in [1.807, 2.05) is 40.9 Å². The molecule has 0 radical (unpaired) electrons. The van der Waals surface area contributed by atoms with E-state index in [1.165, 1.54) is 0 Å². The first kappa shape index (κ1) is 8.91. The summed E-state index contributed by atoms with van der Waals surface area (Å²) < 4.78 is 1.93. The molecule has 3 aromatic heterocycles. The van der Waals surface area contributed by atoms with E-state index in [9.17, 15) is 0 Å². The zero-order valence-corrected chi connectivity index (χ0v) is 8.54. The minimum Gasteiger partial charge on any atom is -0.385 e. The average Bonchev–Trinajstić information content (AvgIpc) is 2.75. The summed E-state index contributed by atoms with van der Waals surface area (Å²) in [7, 11) is 0. The van der Waals surface area contributed by atoms with Crippen molar-refractivity contribution in [1.29, 1.82) is 0 Å². The standard InChI is InChI=1S/C12H10N4/c13-11-3-1-2-10-8-15-12(16(10)11)9-4-6-14-7-5-9/h1-8H,13H2. The van der Waals surface area contributed by atoms with Crippen LogP contribution in [0.3, 0.4) is 0 Å². The molecule has 0 saturated heterocycles. The second kappa shape index (κ2) is 3.34. The molecule has 0 aliphatic rings. The highest BCUT2D eigenvalue weighted by Gasteiger charge is 2.07. The Morgan fingerprint density at radius 2 is 1.88 bits per heavy atom. The number of anilines is 1. The first-order chi connectivity index (χ1) is 7.86. The summed E-state index contributed by atoms with van der Waals surface area (Å²) >= 11 is 0. The van der Waals surface area contributed by atoms with Gasteiger partial charge < -0.3 is 5.73 Å². The molecule has 3 aromatic rings. The van der Waals surface area contributed by atoms with Crippen molar-refractivity contribution in [1.82, 2.24) is 14.4 Å². The van der Waals surface area contributed by atoms with Gasteiger partial charge in [0.25, 0.3) is 0 Å². The lowest BCUT2D eigenvalue weighted by atomic mass is 10.2. The van der Waals surface area contributed by atoms with Crippen LogP contribution in [0, 0.1) is 0 Å². The van der Waals surface area contributed by atoms with E-state index in [2.05, 4.69) is 9.97 Å². The number of nitrogens with two attached hydrogens (primary N) is 1. The van der Waals surface area contributed by atoms with Crippen LogP contribution in [0.2, 0.25) is 0 Å². The van der Waals surface area contributed by atoms with Crippen LogP contribution in [-0.2, 0) is 0 Å². The largest absolute Gasteiger partial charge is 0.385 e. The summed E-state index contributed by atoms with van der Waals surface area (Å²) in [4.78, 5) is 8.37. The molecule has 0 spiro atoms. The Bertz CT molecular complexity index is 628. The molecule has 0 aromatic carbocycles. The van der Waals surface area contributed by atoms with Crippen molar-refractivity contribution in [2.45, 2.75) is 0 Å². The van der Waals surface area contributed by atoms with Crippen molar-refractivity contribution in [3.05, 3.63) is 48.9 Å². The maximum atomic E-state index is 5.95. The molecular weight excluding hydrogens is 200 g/mol. The van der Waals surface area contributed by atoms with E-state index in [1.54, 1.807) is 12.4 Å². The van der Waals surface area contributed by atoms with E-state index in [-0.39, 0.29) is 0 Å². The molecule has 78 valence electrons. The van der Waals surface area contributed by atoms with Crippen molar-refractivity contribution in [3.63, 3.8) is 0 Å². The Morgan fingerprint density at radius 1 is 1.06 bits per heavy atom. The van der Waals surface area contributed by atoms with Crippen LogP contribution < -0.4 is 5.73 Å². The van der Waals surface area contributed by atoms with Crippen molar-refractivity contribution < 1.29 is 0 Å². The van der Waals surface area contributed by atoms with Crippen LogP contribution in [-0.4, -0.2) is 14.4 Å². The van der Waals surface area contributed by atoms with E-state index in [0.717, 1.165) is 16.9 Å². The van der Waals surface area contributed by atoms with Crippen molar-refractivity contribution in [3.8, 4) is 11.4 Å². The molecule has 0 aliphatic heterocycles. The molecule has 0 amide bonds. The number of hydrogen-bond donors (Lipinski definition) is 1. The maximum Gasteiger partial charge on any atom is 0.146 e. The van der Waals surface area contributed by atoms with Gasteiger partial charge in [0.2, 0.25) is 0 Å². The summed E-state index contributed by atoms with van der Waals surface area (Å²) in [6.07, 6.45) is 5.30. The summed E-state index contributed by atoms with van der Waals surface area (Å²) in [5, 5.41) is 0. The highest BCUT2D eigenvalue weighted by molar-refractivity contribution is 5.65. The number of nitrogens with zero attached hydrogens (tertiary/aromatic N) is 3. The number of aromatic nitrogens is 3. The van der Waals surface area contributed by atoms with Crippen molar-refractivity contribution in [2.24, 2.45) is 0 Å². The third-order valence-electron chi connectivity index (χ3n) is 2.52. The fourth-order valence-electron chi connectivity index (χ4n) is 1.78. The Morgan fingerprint density at radius 3 is 2.69 bits per heavy atom. The molecule has 0 bridgehead atoms. The smallest absolute Gasteiger partial charge is 0.146 e. The minimum absolute atomic E-state index is 0.682. The van der Waals surface area contributed by atoms with Gasteiger partial charge >= 0.3 is 0 Å². The molecule has 0 atom stereocenters. The summed E-state index contributed by atoms with van der Waals surface area (Å²) in [6, 6.07) is 9.60. The predicted molar refractivity (Wildman–Crippen MR) is 62.8 cm³/mol. The highest BCUT2D eigenvalue weighted by Crippen LogP contribution is 2.21. The Hall–Kier alpha value is -2.36. The van der Waals surface area contributed by atoms with Gasteiger partial charge in [0.1, 0.15) is 11.6 Å². The molecule has 4 heteroatoms. The molecule has 3 heterocycles. The first-order valence-corrected chi connectivity index (χ1v) is 4.98. The Labute approximate surface area is 92.4 Å². The van der Waals surface area contributed by atoms with Crippen LogP contribution in [0.15, 0.2) is 48.9 Å². The molecule has 16 heavy (non-hydrogen) atoms. The van der Waals surface area contributed by atoms with Gasteiger partial charge in [-0.3, -0.25) is 9.38 Å². The van der Waals surface area contributed by atoms with E-state index in [0.29, 0.717) is 5.82 Å². The lowest BCUT2D eigenvalue weighted by molar-refractivity contribution is 1.17. The van der Waals surface area contributed by atoms with Gasteiger partial charge in [0.05, 0.1) is 11.7 Å². The van der Waals surface area contributed by atoms with Crippen molar-refractivity contribution in [2.75, 3.05) is 5.73 Å². The number of hydrogen-bond acceptors (Lipinski definition) is 3. The van der Waals surface area contributed by atoms with Crippen molar-refractivity contribution >= 4 is 11.3 Å². The summed E-state index contributed by atoms with van der Waals surface area (Å²) in [5.74, 6) is 1.53. The lowest BCUT2D eigenvalue weighted by Crippen LogP contribution is -1.97. The SMILES string of the molecule is Nc1cccc2cnc(-c3ccncc3)n12. The lowest BCUT2D eigenvalue weighted by Gasteiger charge is -2.04. The molecule has 3 rings (SSSR count). The minimum atomic E-state index is 0.682. The maximum absolute atomic E-state index is 5.95. The zero-order chi connectivity index (χ0) is 11.0. The second-order valence-corrected chi connectivity index (χ2v) is 3.53. The van der Waals surface area contributed by atoms with Gasteiger partial charge in [-0.05, 0) is 24.3 Å². The van der Waals surface area contributed by atoms with Gasteiger partial charge in [-0.2, -0.15) is 0 Å². The zero-order valence-electron chi connectivity index (χ0n) is 8.54. The monoisotopic (exact) mass is 210 g/mol. The van der Waals surface area contributed by atoms with Crippen LogP contribution in [0.25, 0.3) is 16.9 Å². The molecule has 0 saturated carbocycles. The number of nitrogen functional groups attached to an aromatic ring is 1. The normalized spacial score (nSPS) is 10.8. The molecule has 0 aliphatic carbocycles. The fourth-order valence-corrected chi connectivity index (χ4v) is 1.78. The number of fused-ring (bicyclic) bond motifs is 1. The van der Waals surface area contributed by atoms with E-state index < -0.39 is 0 Å². The number of imidazole rings is 1. The molecule has 4 nitrogen and oxygen atoms in total. The van der Waals surface area contributed by atoms with Gasteiger partial charge in [-0.25, -0.2) is 4.98 Å². The molecule has 2 N–H and O–H groups in total. The highest BCUT2D eigenvalue weighted by atomic mass is 15.1. The topological polar surface area (TPSA) is 56.2 Å². The summed E-state index contributed by atoms with van der Waals surface area (Å²) in [6.45, 7) is 0. The first-order valence-electron chi connectivity index (χ1n) is 4.98.